The maximum atomic E-state index is 10.8. The maximum Gasteiger partial charge on any atom is 0.267 e. The van der Waals surface area contributed by atoms with Gasteiger partial charge in [0.25, 0.3) is 10.1 Å². The molecule has 1 aliphatic rings. The number of ketones is 1. The van der Waals surface area contributed by atoms with Crippen molar-refractivity contribution in [1.29, 1.82) is 0 Å². The van der Waals surface area contributed by atoms with E-state index in [1.165, 1.54) is 6.92 Å². The molecule has 0 amide bonds. The van der Waals surface area contributed by atoms with Gasteiger partial charge in [0.15, 0.2) is 5.78 Å². The molecule has 1 fully saturated rings. The lowest BCUT2D eigenvalue weighted by molar-refractivity contribution is -0.133. The van der Waals surface area contributed by atoms with Crippen molar-refractivity contribution >= 4 is 15.9 Å². The molecule has 0 aromatic rings. The largest absolute Gasteiger partial charge is 0.297 e. The van der Waals surface area contributed by atoms with Gasteiger partial charge in [-0.2, -0.15) is 8.42 Å². The molecular formula is C6H10O4S. The molecule has 0 heterocycles. The summed E-state index contributed by atoms with van der Waals surface area (Å²) in [6, 6.07) is 0. The van der Waals surface area contributed by atoms with Crippen molar-refractivity contribution < 1.29 is 17.4 Å². The summed E-state index contributed by atoms with van der Waals surface area (Å²) in [4.78, 5) is 10.6. The Morgan fingerprint density at radius 1 is 1.64 bits per heavy atom. The molecule has 4 nitrogen and oxygen atoms in total. The minimum Gasteiger partial charge on any atom is -0.297 e. The number of carbonyl (C=O) groups excluding carboxylic acids is 1. The van der Waals surface area contributed by atoms with Gasteiger partial charge in [0.1, 0.15) is 6.10 Å². The van der Waals surface area contributed by atoms with Crippen molar-refractivity contribution in [1.82, 2.24) is 0 Å². The van der Waals surface area contributed by atoms with Crippen LogP contribution in [0.2, 0.25) is 0 Å². The Morgan fingerprint density at radius 2 is 2.27 bits per heavy atom. The van der Waals surface area contributed by atoms with Crippen LogP contribution in [0, 0.1) is 0 Å². The first kappa shape index (κ1) is 8.67. The fourth-order valence-electron chi connectivity index (χ4n) is 0.727. The zero-order valence-corrected chi connectivity index (χ0v) is 7.06. The summed E-state index contributed by atoms with van der Waals surface area (Å²) in [6.07, 6.45) is 0.307. The molecular weight excluding hydrogens is 168 g/mol. The Morgan fingerprint density at radius 3 is 2.55 bits per heavy atom. The zero-order valence-electron chi connectivity index (χ0n) is 6.24. The van der Waals surface area contributed by atoms with Gasteiger partial charge in [-0.15, -0.1) is 0 Å². The fourth-order valence-corrected chi connectivity index (χ4v) is 1.42. The normalized spacial score (nSPS) is 24.8. The number of hydrogen-bond donors (Lipinski definition) is 0. The lowest BCUT2D eigenvalue weighted by Crippen LogP contribution is -2.36. The zero-order chi connectivity index (χ0) is 8.48. The van der Waals surface area contributed by atoms with E-state index in [0.29, 0.717) is 12.8 Å². The summed E-state index contributed by atoms with van der Waals surface area (Å²) in [6.45, 7) is 1.48. The first-order valence-corrected chi connectivity index (χ1v) is 5.06. The Bertz CT molecular complexity index is 254. The summed E-state index contributed by atoms with van der Waals surface area (Å²) in [5, 5.41) is 0. The number of rotatable bonds is 3. The van der Waals surface area contributed by atoms with E-state index in [1.807, 2.05) is 0 Å². The van der Waals surface area contributed by atoms with Gasteiger partial charge < -0.3 is 0 Å². The molecule has 0 bridgehead atoms. The third-order valence-electron chi connectivity index (χ3n) is 1.63. The molecule has 11 heavy (non-hydrogen) atoms. The monoisotopic (exact) mass is 178 g/mol. The van der Waals surface area contributed by atoms with Gasteiger partial charge in [-0.3, -0.25) is 8.98 Å². The molecule has 0 aromatic carbocycles. The second-order valence-electron chi connectivity index (χ2n) is 2.44. The van der Waals surface area contributed by atoms with E-state index in [9.17, 15) is 13.2 Å². The molecule has 0 aliphatic heterocycles. The number of hydrogen-bond acceptors (Lipinski definition) is 4. The van der Waals surface area contributed by atoms with Gasteiger partial charge in [0.05, 0.1) is 5.75 Å². The van der Waals surface area contributed by atoms with Crippen LogP contribution >= 0.6 is 0 Å². The van der Waals surface area contributed by atoms with Gasteiger partial charge in [0.2, 0.25) is 0 Å². The fraction of sp³-hybridized carbons (Fsp3) is 0.833. The van der Waals surface area contributed by atoms with Gasteiger partial charge in [-0.05, 0) is 13.3 Å². The quantitative estimate of drug-likeness (QED) is 0.574. The first-order valence-electron chi connectivity index (χ1n) is 3.49. The van der Waals surface area contributed by atoms with Gasteiger partial charge in [-0.25, -0.2) is 0 Å². The lowest BCUT2D eigenvalue weighted by atomic mass is 9.95. The van der Waals surface area contributed by atoms with E-state index in [-0.39, 0.29) is 11.5 Å². The molecule has 0 N–H and O–H groups in total. The first-order chi connectivity index (χ1) is 5.05. The highest BCUT2D eigenvalue weighted by atomic mass is 32.2. The minimum absolute atomic E-state index is 0.0726. The molecule has 0 radical (unpaired) electrons. The smallest absolute Gasteiger partial charge is 0.267 e. The van der Waals surface area contributed by atoms with Crippen molar-refractivity contribution in [3.63, 3.8) is 0 Å². The summed E-state index contributed by atoms with van der Waals surface area (Å²) >= 11 is 0. The van der Waals surface area contributed by atoms with E-state index in [1.54, 1.807) is 0 Å². The molecule has 0 spiro atoms. The Labute approximate surface area is 65.7 Å². The second kappa shape index (κ2) is 2.91. The van der Waals surface area contributed by atoms with Gasteiger partial charge >= 0.3 is 0 Å². The Balaban J connectivity index is 2.49. The summed E-state index contributed by atoms with van der Waals surface area (Å²) in [5.41, 5.74) is 0. The topological polar surface area (TPSA) is 60.4 Å². The highest BCUT2D eigenvalue weighted by molar-refractivity contribution is 7.86. The molecule has 1 unspecified atom stereocenters. The van der Waals surface area contributed by atoms with Crippen molar-refractivity contribution in [3.8, 4) is 0 Å². The van der Waals surface area contributed by atoms with E-state index < -0.39 is 16.2 Å². The van der Waals surface area contributed by atoms with Gasteiger partial charge in [-0.1, -0.05) is 0 Å². The molecule has 64 valence electrons. The Kier molecular flexibility index (Phi) is 2.29. The van der Waals surface area contributed by atoms with E-state index in [2.05, 4.69) is 4.18 Å². The maximum absolute atomic E-state index is 10.8. The Hall–Kier alpha value is -0.420. The van der Waals surface area contributed by atoms with Gasteiger partial charge in [0, 0.05) is 6.42 Å². The summed E-state index contributed by atoms with van der Waals surface area (Å²) in [5.74, 6) is -0.182. The predicted molar refractivity (Wildman–Crippen MR) is 38.6 cm³/mol. The molecule has 0 aromatic heterocycles. The molecule has 1 atom stereocenters. The van der Waals surface area contributed by atoms with Crippen LogP contribution in [0.25, 0.3) is 0 Å². The minimum atomic E-state index is -3.43. The SMILES string of the molecule is CCS(=O)(=O)OC1CCC1=O. The average molecular weight is 178 g/mol. The van der Waals surface area contributed by atoms with E-state index in [0.717, 1.165) is 0 Å². The van der Waals surface area contributed by atoms with Crippen LogP contribution in [0.5, 0.6) is 0 Å². The predicted octanol–water partition coefficient (Wildman–Crippen LogP) is 0.0842. The molecule has 1 aliphatic carbocycles. The van der Waals surface area contributed by atoms with Crippen LogP contribution in [0.1, 0.15) is 19.8 Å². The molecule has 1 rings (SSSR count). The third-order valence-corrected chi connectivity index (χ3v) is 2.86. The molecule has 0 saturated heterocycles. The van der Waals surface area contributed by atoms with Crippen molar-refractivity contribution in [2.75, 3.05) is 5.75 Å². The van der Waals surface area contributed by atoms with Crippen molar-refractivity contribution in [2.45, 2.75) is 25.9 Å². The molecule has 5 heteroatoms. The average Bonchev–Trinajstić information content (AvgIpc) is 1.98. The van der Waals surface area contributed by atoms with Crippen LogP contribution < -0.4 is 0 Å². The third kappa shape index (κ3) is 2.00. The van der Waals surface area contributed by atoms with E-state index >= 15 is 0 Å². The van der Waals surface area contributed by atoms with Crippen molar-refractivity contribution in [3.05, 3.63) is 0 Å². The summed E-state index contributed by atoms with van der Waals surface area (Å²) in [7, 11) is -3.43. The van der Waals surface area contributed by atoms with Crippen LogP contribution in [-0.2, 0) is 19.1 Å². The van der Waals surface area contributed by atoms with E-state index in [4.69, 9.17) is 0 Å². The van der Waals surface area contributed by atoms with Crippen LogP contribution in [0.15, 0.2) is 0 Å². The highest BCUT2D eigenvalue weighted by Crippen LogP contribution is 2.19. The molecule has 1 saturated carbocycles. The lowest BCUT2D eigenvalue weighted by Gasteiger charge is -2.22. The summed E-state index contributed by atoms with van der Waals surface area (Å²) < 4.78 is 26.1. The number of Topliss-reactive ketones (excluding diaryl/α,β-unsaturated/α-hetero) is 1. The van der Waals surface area contributed by atoms with Crippen molar-refractivity contribution in [2.24, 2.45) is 0 Å². The second-order valence-corrected chi connectivity index (χ2v) is 4.32. The standard InChI is InChI=1S/C6H10O4S/c1-2-11(8,9)10-6-4-3-5(6)7/h6H,2-4H2,1H3. The highest BCUT2D eigenvalue weighted by Gasteiger charge is 2.32. The van der Waals surface area contributed by atoms with Crippen LogP contribution in [-0.4, -0.2) is 26.1 Å². The van der Waals surface area contributed by atoms with Crippen LogP contribution in [0.3, 0.4) is 0 Å². The number of carbonyl (C=O) groups is 1. The van der Waals surface area contributed by atoms with Crippen LogP contribution in [0.4, 0.5) is 0 Å².